The number of aromatic amines is 1. The van der Waals surface area contributed by atoms with E-state index in [0.717, 1.165) is 66.1 Å². The summed E-state index contributed by atoms with van der Waals surface area (Å²) in [5, 5.41) is 11.2. The van der Waals surface area contributed by atoms with Crippen LogP contribution in [0.2, 0.25) is 0 Å². The molecule has 0 radical (unpaired) electrons. The van der Waals surface area contributed by atoms with Crippen LogP contribution >= 0.6 is 0 Å². The molecule has 9 nitrogen and oxygen atoms in total. The molecule has 1 saturated heterocycles. The summed E-state index contributed by atoms with van der Waals surface area (Å²) < 4.78 is 15.7. The van der Waals surface area contributed by atoms with Gasteiger partial charge in [0.2, 0.25) is 0 Å². The smallest absolute Gasteiger partial charge is 0.182 e. The fourth-order valence-corrected chi connectivity index (χ4v) is 6.14. The van der Waals surface area contributed by atoms with Crippen LogP contribution in [0.25, 0.3) is 22.3 Å². The van der Waals surface area contributed by atoms with Crippen molar-refractivity contribution in [2.75, 3.05) is 18.2 Å². The number of H-pyrrole nitrogens is 1. The number of aromatic nitrogens is 6. The summed E-state index contributed by atoms with van der Waals surface area (Å²) in [5.41, 5.74) is 4.14. The number of fused-ring (bicyclic) bond motifs is 1. The van der Waals surface area contributed by atoms with Gasteiger partial charge in [0.15, 0.2) is 5.82 Å². The standard InChI is InChI=1S/C27H31FN8O/c1-18(26-14-27(28,15-26)16-26)30-11-21-6-19-10-31-22(8-24(19)33-21)13-35-17-32-25(34-35)20-7-23(12-29-9-20)36-4-2-3-5-37-36/h6-10,12,17-18,30,33H,2-5,11,13-16H2,1H3. The lowest BCUT2D eigenvalue weighted by Crippen LogP contribution is -2.70. The molecule has 37 heavy (non-hydrogen) atoms. The van der Waals surface area contributed by atoms with E-state index in [9.17, 15) is 4.39 Å². The molecule has 2 N–H and O–H groups in total. The van der Waals surface area contributed by atoms with Crippen LogP contribution in [-0.2, 0) is 17.9 Å². The molecule has 4 aromatic rings. The third-order valence-electron chi connectivity index (χ3n) is 8.27. The van der Waals surface area contributed by atoms with E-state index < -0.39 is 5.67 Å². The highest BCUT2D eigenvalue weighted by atomic mass is 19.1. The van der Waals surface area contributed by atoms with Gasteiger partial charge in [-0.25, -0.2) is 14.1 Å². The first kappa shape index (κ1) is 22.8. The highest BCUT2D eigenvalue weighted by Crippen LogP contribution is 2.70. The van der Waals surface area contributed by atoms with Crippen molar-refractivity contribution in [1.29, 1.82) is 0 Å². The molecule has 1 unspecified atom stereocenters. The van der Waals surface area contributed by atoms with E-state index in [2.05, 4.69) is 49.4 Å². The maximum Gasteiger partial charge on any atom is 0.182 e. The average Bonchev–Trinajstić information content (AvgIpc) is 3.52. The molecular formula is C27H31FN8O. The molecule has 5 heterocycles. The molecule has 4 aliphatic rings. The first-order valence-corrected chi connectivity index (χ1v) is 13.1. The van der Waals surface area contributed by atoms with Crippen molar-refractivity contribution in [1.82, 2.24) is 35.0 Å². The van der Waals surface area contributed by atoms with Gasteiger partial charge in [0.25, 0.3) is 0 Å². The fraction of sp³-hybridized carbons (Fsp3) is 0.481. The van der Waals surface area contributed by atoms with Gasteiger partial charge < -0.3 is 10.3 Å². The second-order valence-electron chi connectivity index (χ2n) is 11.0. The zero-order valence-electron chi connectivity index (χ0n) is 21.0. The van der Waals surface area contributed by atoms with Crippen LogP contribution < -0.4 is 10.4 Å². The molecule has 0 spiro atoms. The van der Waals surface area contributed by atoms with Gasteiger partial charge in [0.1, 0.15) is 12.0 Å². The van der Waals surface area contributed by atoms with Crippen molar-refractivity contribution < 1.29 is 9.23 Å². The molecular weight excluding hydrogens is 471 g/mol. The number of hydroxylamine groups is 1. The highest BCUT2D eigenvalue weighted by Gasteiger charge is 2.70. The SMILES string of the molecule is CC(NCc1cc2cnc(Cn3cnc(-c4cncc(N5CCCCO5)c4)n3)cc2[nH]1)C12CC(F)(C1)C2. The van der Waals surface area contributed by atoms with Crippen LogP contribution in [0.5, 0.6) is 0 Å². The summed E-state index contributed by atoms with van der Waals surface area (Å²) in [6.45, 7) is 5.02. The number of nitrogens with zero attached hydrogens (tertiary/aromatic N) is 6. The van der Waals surface area contributed by atoms with Gasteiger partial charge in [-0.1, -0.05) is 0 Å². The first-order chi connectivity index (χ1) is 18.0. The molecule has 0 amide bonds. The number of halogens is 1. The van der Waals surface area contributed by atoms with E-state index in [-0.39, 0.29) is 5.41 Å². The number of nitrogens with one attached hydrogen (secondary N) is 2. The van der Waals surface area contributed by atoms with Crippen molar-refractivity contribution >= 4 is 16.6 Å². The third-order valence-corrected chi connectivity index (χ3v) is 8.27. The van der Waals surface area contributed by atoms with Gasteiger partial charge >= 0.3 is 0 Å². The van der Waals surface area contributed by atoms with Gasteiger partial charge in [-0.3, -0.25) is 19.9 Å². The summed E-state index contributed by atoms with van der Waals surface area (Å²) >= 11 is 0. The van der Waals surface area contributed by atoms with E-state index in [1.165, 1.54) is 0 Å². The molecule has 8 rings (SSSR count). The topological polar surface area (TPSA) is 96.8 Å². The number of alkyl halides is 1. The maximum absolute atomic E-state index is 13.9. The van der Waals surface area contributed by atoms with E-state index in [0.29, 0.717) is 37.7 Å². The van der Waals surface area contributed by atoms with E-state index in [1.807, 2.05) is 17.3 Å². The highest BCUT2D eigenvalue weighted by molar-refractivity contribution is 5.79. The van der Waals surface area contributed by atoms with Crippen LogP contribution in [0, 0.1) is 5.41 Å². The van der Waals surface area contributed by atoms with Gasteiger partial charge in [-0.2, -0.15) is 5.10 Å². The molecule has 1 aliphatic heterocycles. The summed E-state index contributed by atoms with van der Waals surface area (Å²) in [7, 11) is 0. The van der Waals surface area contributed by atoms with Crippen molar-refractivity contribution in [3.8, 4) is 11.4 Å². The number of hydrogen-bond acceptors (Lipinski definition) is 7. The Labute approximate surface area is 214 Å². The number of anilines is 1. The number of hydrogen-bond donors (Lipinski definition) is 2. The Morgan fingerprint density at radius 2 is 2.03 bits per heavy atom. The second-order valence-corrected chi connectivity index (χ2v) is 11.0. The van der Waals surface area contributed by atoms with Gasteiger partial charge in [0.05, 0.1) is 30.7 Å². The minimum absolute atomic E-state index is 0.171. The molecule has 3 aliphatic carbocycles. The Bertz CT molecular complexity index is 1420. The van der Waals surface area contributed by atoms with Crippen molar-refractivity contribution in [3.63, 3.8) is 0 Å². The van der Waals surface area contributed by atoms with Crippen LogP contribution in [-0.4, -0.2) is 54.6 Å². The molecule has 0 aromatic carbocycles. The molecule has 4 aromatic heterocycles. The average molecular weight is 503 g/mol. The van der Waals surface area contributed by atoms with Crippen molar-refractivity contribution in [2.24, 2.45) is 5.41 Å². The zero-order chi connectivity index (χ0) is 25.0. The lowest BCUT2D eigenvalue weighted by molar-refractivity contribution is -0.226. The predicted molar refractivity (Wildman–Crippen MR) is 137 cm³/mol. The number of rotatable bonds is 8. The van der Waals surface area contributed by atoms with Crippen molar-refractivity contribution in [3.05, 3.63) is 54.5 Å². The first-order valence-electron chi connectivity index (χ1n) is 13.1. The molecule has 192 valence electrons. The summed E-state index contributed by atoms with van der Waals surface area (Å²) in [6, 6.07) is 6.52. The van der Waals surface area contributed by atoms with E-state index in [4.69, 9.17) is 4.84 Å². The molecule has 1 atom stereocenters. The van der Waals surface area contributed by atoms with Crippen LogP contribution in [0.15, 0.2) is 43.1 Å². The zero-order valence-corrected chi connectivity index (χ0v) is 21.0. The Morgan fingerprint density at radius 1 is 1.14 bits per heavy atom. The minimum Gasteiger partial charge on any atom is -0.357 e. The summed E-state index contributed by atoms with van der Waals surface area (Å²) in [5.74, 6) is 0.622. The molecule has 3 saturated carbocycles. The molecule has 4 fully saturated rings. The predicted octanol–water partition coefficient (Wildman–Crippen LogP) is 4.17. The maximum atomic E-state index is 13.9. The van der Waals surface area contributed by atoms with Crippen LogP contribution in [0.3, 0.4) is 0 Å². The largest absolute Gasteiger partial charge is 0.357 e. The Kier molecular flexibility index (Phi) is 5.30. The van der Waals surface area contributed by atoms with Crippen LogP contribution in [0.1, 0.15) is 50.4 Å². The second kappa shape index (κ2) is 8.59. The lowest BCUT2D eigenvalue weighted by atomic mass is 9.40. The molecule has 10 heteroatoms. The Morgan fingerprint density at radius 3 is 2.84 bits per heavy atom. The van der Waals surface area contributed by atoms with Crippen LogP contribution in [0.4, 0.5) is 10.1 Å². The van der Waals surface area contributed by atoms with Crippen molar-refractivity contribution in [2.45, 2.75) is 63.8 Å². The van der Waals surface area contributed by atoms with Gasteiger partial charge in [0, 0.05) is 53.7 Å². The summed E-state index contributed by atoms with van der Waals surface area (Å²) in [6.07, 6.45) is 11.5. The fourth-order valence-electron chi connectivity index (χ4n) is 6.14. The normalized spacial score (nSPS) is 25.6. The van der Waals surface area contributed by atoms with Gasteiger partial charge in [-0.15, -0.1) is 0 Å². The van der Waals surface area contributed by atoms with E-state index >= 15 is 0 Å². The lowest BCUT2D eigenvalue weighted by Gasteiger charge is -2.68. The minimum atomic E-state index is -0.854. The van der Waals surface area contributed by atoms with E-state index in [1.54, 1.807) is 23.4 Å². The monoisotopic (exact) mass is 502 g/mol. The van der Waals surface area contributed by atoms with Gasteiger partial charge in [-0.05, 0) is 62.6 Å². The third kappa shape index (κ3) is 4.18. The molecule has 2 bridgehead atoms. The number of pyridine rings is 2. The quantitative estimate of drug-likeness (QED) is 0.373. The Hall–Kier alpha value is -3.37. The Balaban J connectivity index is 1.01. The summed E-state index contributed by atoms with van der Waals surface area (Å²) in [4.78, 5) is 22.8.